The van der Waals surface area contributed by atoms with Crippen LogP contribution in [0.2, 0.25) is 0 Å². The number of nitrogens with zero attached hydrogens (tertiary/aromatic N) is 5. The van der Waals surface area contributed by atoms with Gasteiger partial charge in [0.05, 0.1) is 5.56 Å². The number of hydrogen-bond acceptors (Lipinski definition) is 5. The molecule has 1 aliphatic heterocycles. The Morgan fingerprint density at radius 2 is 1.94 bits per heavy atom. The molecule has 7 nitrogen and oxygen atoms in total. The number of hydrogen-bond donors (Lipinski definition) is 1. The summed E-state index contributed by atoms with van der Waals surface area (Å²) in [6.07, 6.45) is -3.03. The average Bonchev–Trinajstić information content (AvgIpc) is 2.73. The Hall–Kier alpha value is -2.95. The number of aromatic nitrogens is 2. The summed E-state index contributed by atoms with van der Waals surface area (Å²) in [6, 6.07) is 4.29. The van der Waals surface area contributed by atoms with E-state index in [1.54, 1.807) is 13.0 Å². The molecule has 0 amide bonds. The lowest BCUT2D eigenvalue weighted by atomic mass is 10.1. The second-order valence-electron chi connectivity index (χ2n) is 7.59. The Morgan fingerprint density at radius 3 is 2.56 bits per heavy atom. The number of anilines is 1. The van der Waals surface area contributed by atoms with Crippen molar-refractivity contribution in [1.29, 1.82) is 0 Å². The summed E-state index contributed by atoms with van der Waals surface area (Å²) < 4.78 is 58.6. The quantitative estimate of drug-likeness (QED) is 0.420. The highest BCUT2D eigenvalue weighted by Crippen LogP contribution is 2.33. The Bertz CT molecular complexity index is 973. The van der Waals surface area contributed by atoms with Crippen LogP contribution in [0.25, 0.3) is 0 Å². The number of benzene rings is 1. The Balaban J connectivity index is 1.77. The van der Waals surface area contributed by atoms with Crippen molar-refractivity contribution in [2.75, 3.05) is 31.6 Å². The third-order valence-electron chi connectivity index (χ3n) is 5.29. The summed E-state index contributed by atoms with van der Waals surface area (Å²) in [5, 5.41) is 0. The summed E-state index contributed by atoms with van der Waals surface area (Å²) in [5.74, 6) is -1.13. The van der Waals surface area contributed by atoms with Crippen molar-refractivity contribution in [3.8, 4) is 5.88 Å². The normalized spacial score (nSPS) is 16.3. The zero-order chi connectivity index (χ0) is 23.5. The third kappa shape index (κ3) is 5.84. The standard InChI is InChI=1S/C21H26F4N6O/c1-4-31-9-7-15(8-10-31)32-18-11-13(2)27-20(28-18)29-19(26)30(3)14-5-6-17(22)16(12-14)21(23,24)25/h5-6,11-12,15H,4,7-10H2,1-3H3,(H2,26,27,28,29). The molecule has 2 N–H and O–H groups in total. The Morgan fingerprint density at radius 1 is 1.25 bits per heavy atom. The maximum atomic E-state index is 13.6. The summed E-state index contributed by atoms with van der Waals surface area (Å²) in [7, 11) is 1.42. The maximum absolute atomic E-state index is 13.6. The minimum atomic E-state index is -4.83. The average molecular weight is 454 g/mol. The van der Waals surface area contributed by atoms with Crippen LogP contribution in [0.15, 0.2) is 29.3 Å². The highest BCUT2D eigenvalue weighted by Gasteiger charge is 2.34. The van der Waals surface area contributed by atoms with Gasteiger partial charge in [0.2, 0.25) is 11.8 Å². The van der Waals surface area contributed by atoms with E-state index in [9.17, 15) is 17.6 Å². The monoisotopic (exact) mass is 454 g/mol. The van der Waals surface area contributed by atoms with Crippen molar-refractivity contribution in [1.82, 2.24) is 14.9 Å². The molecule has 174 valence electrons. The van der Waals surface area contributed by atoms with Gasteiger partial charge in [-0.3, -0.25) is 0 Å². The predicted octanol–water partition coefficient (Wildman–Crippen LogP) is 3.89. The summed E-state index contributed by atoms with van der Waals surface area (Å²) in [4.78, 5) is 16.1. The van der Waals surface area contributed by atoms with E-state index in [4.69, 9.17) is 10.5 Å². The second kappa shape index (κ2) is 9.68. The van der Waals surface area contributed by atoms with Crippen LogP contribution in [0.5, 0.6) is 5.88 Å². The van der Waals surface area contributed by atoms with Gasteiger partial charge in [0.1, 0.15) is 11.9 Å². The van der Waals surface area contributed by atoms with E-state index in [1.807, 2.05) is 0 Å². The third-order valence-corrected chi connectivity index (χ3v) is 5.29. The minimum Gasteiger partial charge on any atom is -0.474 e. The van der Waals surface area contributed by atoms with Gasteiger partial charge in [-0.2, -0.15) is 23.1 Å². The van der Waals surface area contributed by atoms with E-state index >= 15 is 0 Å². The topological polar surface area (TPSA) is 79.9 Å². The molecule has 11 heteroatoms. The zero-order valence-electron chi connectivity index (χ0n) is 18.2. The number of aliphatic imine (C=N–C) groups is 1. The highest BCUT2D eigenvalue weighted by atomic mass is 19.4. The van der Waals surface area contributed by atoms with Gasteiger partial charge < -0.3 is 20.3 Å². The zero-order valence-corrected chi connectivity index (χ0v) is 18.2. The van der Waals surface area contributed by atoms with Crippen LogP contribution in [-0.4, -0.2) is 53.6 Å². The lowest BCUT2D eigenvalue weighted by Gasteiger charge is -2.30. The van der Waals surface area contributed by atoms with Crippen LogP contribution in [0.4, 0.5) is 29.2 Å². The lowest BCUT2D eigenvalue weighted by Crippen LogP contribution is -2.38. The highest BCUT2D eigenvalue weighted by molar-refractivity contribution is 5.95. The number of halogens is 4. The van der Waals surface area contributed by atoms with Gasteiger partial charge >= 0.3 is 6.18 Å². The molecule has 0 spiro atoms. The second-order valence-corrected chi connectivity index (χ2v) is 7.59. The van der Waals surface area contributed by atoms with Crippen LogP contribution >= 0.6 is 0 Å². The van der Waals surface area contributed by atoms with Gasteiger partial charge in [0, 0.05) is 37.6 Å². The first kappa shape index (κ1) is 23.7. The van der Waals surface area contributed by atoms with E-state index in [0.717, 1.165) is 38.5 Å². The van der Waals surface area contributed by atoms with Crippen LogP contribution in [-0.2, 0) is 6.18 Å². The van der Waals surface area contributed by atoms with Gasteiger partial charge in [-0.25, -0.2) is 9.37 Å². The Kier molecular flexibility index (Phi) is 7.17. The molecule has 0 bridgehead atoms. The summed E-state index contributed by atoms with van der Waals surface area (Å²) in [5.41, 5.74) is 5.21. The van der Waals surface area contributed by atoms with Crippen molar-refractivity contribution in [3.63, 3.8) is 0 Å². The van der Waals surface area contributed by atoms with Crippen molar-refractivity contribution < 1.29 is 22.3 Å². The molecule has 3 rings (SSSR count). The fraction of sp³-hybridized carbons (Fsp3) is 0.476. The Labute approximate surface area is 183 Å². The van der Waals surface area contributed by atoms with Gasteiger partial charge in [-0.05, 0) is 44.5 Å². The van der Waals surface area contributed by atoms with E-state index in [-0.39, 0.29) is 23.7 Å². The fourth-order valence-corrected chi connectivity index (χ4v) is 3.40. The molecule has 0 unspecified atom stereocenters. The van der Waals surface area contributed by atoms with E-state index < -0.39 is 17.6 Å². The molecule has 1 aromatic heterocycles. The lowest BCUT2D eigenvalue weighted by molar-refractivity contribution is -0.139. The van der Waals surface area contributed by atoms with Crippen LogP contribution in [0, 0.1) is 12.7 Å². The number of ether oxygens (including phenoxy) is 1. The smallest absolute Gasteiger partial charge is 0.419 e. The molecule has 1 aromatic carbocycles. The van der Waals surface area contributed by atoms with Gasteiger partial charge in [-0.15, -0.1) is 0 Å². The number of aryl methyl sites for hydroxylation is 1. The van der Waals surface area contributed by atoms with Crippen LogP contribution in [0.1, 0.15) is 31.0 Å². The van der Waals surface area contributed by atoms with Crippen molar-refractivity contribution in [3.05, 3.63) is 41.3 Å². The van der Waals surface area contributed by atoms with Crippen molar-refractivity contribution >= 4 is 17.6 Å². The maximum Gasteiger partial charge on any atom is 0.419 e. The van der Waals surface area contributed by atoms with Gasteiger partial charge in [-0.1, -0.05) is 6.92 Å². The van der Waals surface area contributed by atoms with E-state index in [2.05, 4.69) is 26.8 Å². The minimum absolute atomic E-state index is 0.0202. The summed E-state index contributed by atoms with van der Waals surface area (Å²) in [6.45, 7) is 6.78. The molecule has 0 aliphatic carbocycles. The van der Waals surface area contributed by atoms with Crippen LogP contribution in [0.3, 0.4) is 0 Å². The molecular weight excluding hydrogens is 428 g/mol. The molecule has 0 saturated carbocycles. The fourth-order valence-electron chi connectivity index (χ4n) is 3.40. The number of guanidine groups is 1. The van der Waals surface area contributed by atoms with E-state index in [1.165, 1.54) is 18.0 Å². The van der Waals surface area contributed by atoms with Crippen molar-refractivity contribution in [2.45, 2.75) is 39.0 Å². The van der Waals surface area contributed by atoms with Gasteiger partial charge in [0.25, 0.3) is 5.95 Å². The number of nitrogens with two attached hydrogens (primary N) is 1. The summed E-state index contributed by atoms with van der Waals surface area (Å²) >= 11 is 0. The molecule has 1 saturated heterocycles. The molecule has 0 radical (unpaired) electrons. The molecule has 0 atom stereocenters. The number of likely N-dealkylation sites (tertiary alicyclic amines) is 1. The van der Waals surface area contributed by atoms with E-state index in [0.29, 0.717) is 17.6 Å². The first-order valence-electron chi connectivity index (χ1n) is 10.3. The number of piperidine rings is 1. The number of alkyl halides is 3. The molecule has 2 aromatic rings. The molecule has 1 fully saturated rings. The molecule has 32 heavy (non-hydrogen) atoms. The molecule has 2 heterocycles. The predicted molar refractivity (Wildman–Crippen MR) is 114 cm³/mol. The first-order chi connectivity index (χ1) is 15.1. The van der Waals surface area contributed by atoms with Crippen molar-refractivity contribution in [2.24, 2.45) is 10.7 Å². The molecular formula is C21H26F4N6O. The SMILES string of the molecule is CCN1CCC(Oc2cc(C)nc(N=C(N)N(C)c3ccc(F)c(C(F)(F)F)c3)n2)CC1. The largest absolute Gasteiger partial charge is 0.474 e. The molecule has 1 aliphatic rings. The van der Waals surface area contributed by atoms with Gasteiger partial charge in [0.15, 0.2) is 0 Å². The number of rotatable bonds is 5. The first-order valence-corrected chi connectivity index (χ1v) is 10.3. The van der Waals surface area contributed by atoms with Crippen LogP contribution < -0.4 is 15.4 Å².